The minimum atomic E-state index is 0.0934. The fourth-order valence-electron chi connectivity index (χ4n) is 3.33. The molecule has 3 rings (SSSR count). The maximum Gasteiger partial charge on any atom is 0.126 e. The van der Waals surface area contributed by atoms with Gasteiger partial charge in [0.15, 0.2) is 0 Å². The number of aliphatic hydroxyl groups excluding tert-OH is 1. The maximum atomic E-state index is 9.43. The van der Waals surface area contributed by atoms with Crippen LogP contribution in [0.4, 0.5) is 0 Å². The number of benzene rings is 3. The van der Waals surface area contributed by atoms with E-state index in [1.807, 2.05) is 36.4 Å². The van der Waals surface area contributed by atoms with Crippen LogP contribution in [0.25, 0.3) is 11.1 Å². The number of nitrogens with one attached hydrogen (secondary N) is 1. The Balaban J connectivity index is 1.61. The minimum Gasteiger partial charge on any atom is -0.496 e. The number of hydrogen-bond donors (Lipinski definition) is 2. The Labute approximate surface area is 161 Å². The summed E-state index contributed by atoms with van der Waals surface area (Å²) in [6.45, 7) is 3.14. The molecule has 27 heavy (non-hydrogen) atoms. The Kier molecular flexibility index (Phi) is 6.64. The zero-order chi connectivity index (χ0) is 19.1. The van der Waals surface area contributed by atoms with Crippen LogP contribution in [0.15, 0.2) is 72.8 Å². The molecule has 0 spiro atoms. The first-order valence-corrected chi connectivity index (χ1v) is 9.37. The van der Waals surface area contributed by atoms with Gasteiger partial charge in [-0.1, -0.05) is 66.7 Å². The molecule has 3 nitrogen and oxygen atoms in total. The van der Waals surface area contributed by atoms with Crippen molar-refractivity contribution in [1.82, 2.24) is 5.32 Å². The third-order valence-corrected chi connectivity index (χ3v) is 4.96. The van der Waals surface area contributed by atoms with Crippen molar-refractivity contribution in [2.75, 3.05) is 13.7 Å². The van der Waals surface area contributed by atoms with E-state index < -0.39 is 0 Å². The number of para-hydroxylation sites is 1. The zero-order valence-corrected chi connectivity index (χ0v) is 16.0. The summed E-state index contributed by atoms with van der Waals surface area (Å²) in [5.41, 5.74) is 5.72. The smallest absolute Gasteiger partial charge is 0.126 e. The van der Waals surface area contributed by atoms with Gasteiger partial charge in [-0.3, -0.25) is 0 Å². The van der Waals surface area contributed by atoms with Crippen molar-refractivity contribution >= 4 is 0 Å². The van der Waals surface area contributed by atoms with Gasteiger partial charge in [-0.15, -0.1) is 0 Å². The molecule has 3 heteroatoms. The summed E-state index contributed by atoms with van der Waals surface area (Å²) in [6.07, 6.45) is 0.903. The highest BCUT2D eigenvalue weighted by molar-refractivity contribution is 5.70. The van der Waals surface area contributed by atoms with Crippen molar-refractivity contribution in [3.05, 3.63) is 89.5 Å². The summed E-state index contributed by atoms with van der Waals surface area (Å²) in [4.78, 5) is 0. The molecule has 0 aliphatic heterocycles. The van der Waals surface area contributed by atoms with Gasteiger partial charge in [-0.25, -0.2) is 0 Å². The second kappa shape index (κ2) is 9.36. The molecule has 0 aliphatic carbocycles. The van der Waals surface area contributed by atoms with E-state index in [-0.39, 0.29) is 12.6 Å². The van der Waals surface area contributed by atoms with E-state index in [0.29, 0.717) is 0 Å². The number of methoxy groups -OCH3 is 1. The maximum absolute atomic E-state index is 9.43. The van der Waals surface area contributed by atoms with Gasteiger partial charge >= 0.3 is 0 Å². The Morgan fingerprint density at radius 2 is 1.56 bits per heavy atom. The summed E-state index contributed by atoms with van der Waals surface area (Å²) in [6, 6.07) is 25.0. The van der Waals surface area contributed by atoms with Crippen LogP contribution in [0.2, 0.25) is 0 Å². The van der Waals surface area contributed by atoms with Crippen LogP contribution in [0, 0.1) is 0 Å². The van der Waals surface area contributed by atoms with Gasteiger partial charge < -0.3 is 15.2 Å². The third-order valence-electron chi connectivity index (χ3n) is 4.96. The lowest BCUT2D eigenvalue weighted by atomic mass is 10.0. The molecule has 0 radical (unpaired) electrons. The Morgan fingerprint density at radius 1 is 0.889 bits per heavy atom. The molecule has 0 bridgehead atoms. The lowest BCUT2D eigenvalue weighted by Crippen LogP contribution is -2.21. The van der Waals surface area contributed by atoms with E-state index in [9.17, 15) is 5.11 Å². The Hall–Kier alpha value is -2.62. The third kappa shape index (κ3) is 4.76. The molecule has 1 atom stereocenters. The molecule has 0 heterocycles. The lowest BCUT2D eigenvalue weighted by molar-refractivity contribution is 0.280. The highest BCUT2D eigenvalue weighted by Crippen LogP contribution is 2.30. The number of aliphatic hydroxyl groups is 1. The SMILES string of the molecule is COc1ccccc1-c1ccc(C(C)NCCc2ccccc2CO)cc1. The van der Waals surface area contributed by atoms with E-state index in [1.54, 1.807) is 7.11 Å². The summed E-state index contributed by atoms with van der Waals surface area (Å²) in [5.74, 6) is 0.888. The molecule has 0 aromatic heterocycles. The highest BCUT2D eigenvalue weighted by atomic mass is 16.5. The van der Waals surface area contributed by atoms with Gasteiger partial charge in [0.05, 0.1) is 13.7 Å². The van der Waals surface area contributed by atoms with Crippen LogP contribution in [-0.4, -0.2) is 18.8 Å². The van der Waals surface area contributed by atoms with Crippen molar-refractivity contribution in [1.29, 1.82) is 0 Å². The van der Waals surface area contributed by atoms with Gasteiger partial charge in [-0.2, -0.15) is 0 Å². The average Bonchev–Trinajstić information content (AvgIpc) is 2.74. The number of hydrogen-bond acceptors (Lipinski definition) is 3. The molecule has 0 aliphatic rings. The average molecular weight is 361 g/mol. The molecule has 0 amide bonds. The van der Waals surface area contributed by atoms with Gasteiger partial charge in [-0.05, 0) is 48.2 Å². The van der Waals surface area contributed by atoms with Gasteiger partial charge in [0.2, 0.25) is 0 Å². The number of ether oxygens (including phenoxy) is 1. The van der Waals surface area contributed by atoms with Crippen molar-refractivity contribution in [2.45, 2.75) is 26.0 Å². The standard InChI is InChI=1S/C24H27NO2/c1-18(25-16-15-20-7-3-4-8-22(20)17-26)19-11-13-21(14-12-19)23-9-5-6-10-24(23)27-2/h3-14,18,25-26H,15-17H2,1-2H3. The van der Waals surface area contributed by atoms with Gasteiger partial charge in [0, 0.05) is 11.6 Å². The van der Waals surface area contributed by atoms with E-state index in [1.165, 1.54) is 11.1 Å². The molecule has 3 aromatic rings. The van der Waals surface area contributed by atoms with Crippen LogP contribution in [-0.2, 0) is 13.0 Å². The summed E-state index contributed by atoms with van der Waals surface area (Å²) < 4.78 is 5.46. The van der Waals surface area contributed by atoms with Crippen LogP contribution >= 0.6 is 0 Å². The molecule has 3 aromatic carbocycles. The van der Waals surface area contributed by atoms with Crippen molar-refractivity contribution in [2.24, 2.45) is 0 Å². The van der Waals surface area contributed by atoms with E-state index >= 15 is 0 Å². The van der Waals surface area contributed by atoms with E-state index in [0.717, 1.165) is 35.4 Å². The van der Waals surface area contributed by atoms with Gasteiger partial charge in [0.25, 0.3) is 0 Å². The first-order valence-electron chi connectivity index (χ1n) is 9.37. The van der Waals surface area contributed by atoms with Crippen molar-refractivity contribution in [3.63, 3.8) is 0 Å². The predicted molar refractivity (Wildman–Crippen MR) is 111 cm³/mol. The minimum absolute atomic E-state index is 0.0934. The number of rotatable bonds is 8. The monoisotopic (exact) mass is 361 g/mol. The molecule has 2 N–H and O–H groups in total. The first-order chi connectivity index (χ1) is 13.2. The molecule has 0 saturated heterocycles. The highest BCUT2D eigenvalue weighted by Gasteiger charge is 2.08. The Bertz CT molecular complexity index is 858. The zero-order valence-electron chi connectivity index (χ0n) is 16.0. The lowest BCUT2D eigenvalue weighted by Gasteiger charge is -2.16. The molecule has 0 saturated carbocycles. The fraction of sp³-hybridized carbons (Fsp3) is 0.250. The van der Waals surface area contributed by atoms with Crippen LogP contribution < -0.4 is 10.1 Å². The van der Waals surface area contributed by atoms with E-state index in [4.69, 9.17) is 4.74 Å². The van der Waals surface area contributed by atoms with Crippen molar-refractivity contribution in [3.8, 4) is 16.9 Å². The molecular weight excluding hydrogens is 334 g/mol. The summed E-state index contributed by atoms with van der Waals surface area (Å²) >= 11 is 0. The van der Waals surface area contributed by atoms with Crippen LogP contribution in [0.1, 0.15) is 29.7 Å². The summed E-state index contributed by atoms with van der Waals surface area (Å²) in [5, 5.41) is 13.0. The van der Waals surface area contributed by atoms with Gasteiger partial charge in [0.1, 0.15) is 5.75 Å². The first kappa shape index (κ1) is 19.2. The van der Waals surface area contributed by atoms with Crippen LogP contribution in [0.3, 0.4) is 0 Å². The Morgan fingerprint density at radius 3 is 2.26 bits per heavy atom. The van der Waals surface area contributed by atoms with E-state index in [2.05, 4.69) is 48.6 Å². The summed E-state index contributed by atoms with van der Waals surface area (Å²) in [7, 11) is 1.70. The molecular formula is C24H27NO2. The fourth-order valence-corrected chi connectivity index (χ4v) is 3.33. The van der Waals surface area contributed by atoms with Crippen LogP contribution in [0.5, 0.6) is 5.75 Å². The molecule has 140 valence electrons. The predicted octanol–water partition coefficient (Wildman–Crippen LogP) is 4.75. The molecule has 0 fully saturated rings. The molecule has 1 unspecified atom stereocenters. The van der Waals surface area contributed by atoms with Crippen molar-refractivity contribution < 1.29 is 9.84 Å². The normalized spacial score (nSPS) is 12.0. The second-order valence-electron chi connectivity index (χ2n) is 6.67. The second-order valence-corrected chi connectivity index (χ2v) is 6.67. The largest absolute Gasteiger partial charge is 0.496 e. The topological polar surface area (TPSA) is 41.5 Å². The quantitative estimate of drug-likeness (QED) is 0.608.